The number of aromatic amines is 2. The summed E-state index contributed by atoms with van der Waals surface area (Å²) >= 11 is 0. The van der Waals surface area contributed by atoms with Gasteiger partial charge in [0.15, 0.2) is 5.82 Å². The quantitative estimate of drug-likeness (QED) is 0.398. The topological polar surface area (TPSA) is 92.9 Å². The molecular weight excluding hydrogens is 388 g/mol. The van der Waals surface area contributed by atoms with Crippen LogP contribution in [-0.4, -0.2) is 45.7 Å². The average Bonchev–Trinajstić information content (AvgIpc) is 3.45. The maximum Gasteiger partial charge on any atom is 0.158 e. The molecule has 2 aromatic heterocycles. The molecule has 3 heterocycles. The third-order valence-electron chi connectivity index (χ3n) is 6.78. The van der Waals surface area contributed by atoms with Crippen molar-refractivity contribution in [3.05, 3.63) is 53.2 Å². The van der Waals surface area contributed by atoms with E-state index in [1.807, 2.05) is 18.1 Å². The number of benzene rings is 2. The molecule has 2 aliphatic rings. The molecule has 0 radical (unpaired) electrons. The van der Waals surface area contributed by atoms with E-state index in [1.165, 1.54) is 46.2 Å². The summed E-state index contributed by atoms with van der Waals surface area (Å²) < 4.78 is 0. The minimum atomic E-state index is 0.101. The third kappa shape index (κ3) is 2.84. The van der Waals surface area contributed by atoms with Gasteiger partial charge in [-0.3, -0.25) is 10.2 Å². The summed E-state index contributed by atoms with van der Waals surface area (Å²) in [5, 5.41) is 30.5. The van der Waals surface area contributed by atoms with Gasteiger partial charge in [0.2, 0.25) is 0 Å². The van der Waals surface area contributed by atoms with Gasteiger partial charge in [-0.25, -0.2) is 0 Å². The predicted molar refractivity (Wildman–Crippen MR) is 124 cm³/mol. The lowest BCUT2D eigenvalue weighted by atomic mass is 9.78. The van der Waals surface area contributed by atoms with Crippen molar-refractivity contribution in [2.24, 2.45) is 0 Å². The molecule has 6 rings (SSSR count). The van der Waals surface area contributed by atoms with E-state index in [0.29, 0.717) is 6.54 Å². The van der Waals surface area contributed by atoms with Crippen LogP contribution in [0.25, 0.3) is 27.4 Å². The lowest BCUT2D eigenvalue weighted by molar-refractivity contribution is 0.304. The molecule has 1 atom stereocenters. The first-order chi connectivity index (χ1) is 15.2. The Labute approximate surface area is 180 Å². The highest BCUT2D eigenvalue weighted by Gasteiger charge is 2.31. The number of fused-ring (bicyclic) bond motifs is 5. The first kappa shape index (κ1) is 18.4. The fraction of sp³-hybridized carbons (Fsp3) is 0.333. The Morgan fingerprint density at radius 2 is 1.90 bits per heavy atom. The highest BCUT2D eigenvalue weighted by atomic mass is 16.3. The van der Waals surface area contributed by atoms with Crippen LogP contribution in [0.5, 0.6) is 0 Å². The number of H-pyrrole nitrogens is 2. The summed E-state index contributed by atoms with van der Waals surface area (Å²) in [7, 11) is 1.96. The van der Waals surface area contributed by atoms with Crippen LogP contribution in [0.15, 0.2) is 42.1 Å². The van der Waals surface area contributed by atoms with Crippen molar-refractivity contribution >= 4 is 38.9 Å². The summed E-state index contributed by atoms with van der Waals surface area (Å²) in [6.45, 7) is 0.652. The molecule has 1 aliphatic heterocycles. The molecule has 1 aliphatic carbocycles. The SMILES string of the molecule is CN(CCO)c1n[nH]c2ccc(C3Nc4ccc5[nH]ncc5c4C4=C3CCCC4)cc12. The van der Waals surface area contributed by atoms with Crippen molar-refractivity contribution in [2.75, 3.05) is 30.4 Å². The van der Waals surface area contributed by atoms with Gasteiger partial charge in [0.1, 0.15) is 0 Å². The van der Waals surface area contributed by atoms with E-state index in [-0.39, 0.29) is 12.6 Å². The second-order valence-corrected chi connectivity index (χ2v) is 8.61. The Balaban J connectivity index is 1.49. The number of allylic oxidation sites excluding steroid dienone is 1. The second kappa shape index (κ2) is 7.13. The van der Waals surface area contributed by atoms with Crippen molar-refractivity contribution < 1.29 is 5.11 Å². The molecule has 31 heavy (non-hydrogen) atoms. The maximum absolute atomic E-state index is 9.35. The summed E-state index contributed by atoms with van der Waals surface area (Å²) in [5.41, 5.74) is 8.85. The number of likely N-dealkylation sites (N-methyl/N-ethyl adjacent to an activating group) is 1. The molecule has 1 unspecified atom stereocenters. The van der Waals surface area contributed by atoms with Gasteiger partial charge in [0, 0.05) is 35.6 Å². The van der Waals surface area contributed by atoms with E-state index in [4.69, 9.17) is 0 Å². The van der Waals surface area contributed by atoms with E-state index in [9.17, 15) is 5.11 Å². The van der Waals surface area contributed by atoms with Crippen molar-refractivity contribution in [3.8, 4) is 0 Å². The molecule has 0 saturated carbocycles. The van der Waals surface area contributed by atoms with Crippen molar-refractivity contribution in [1.29, 1.82) is 0 Å². The first-order valence-corrected chi connectivity index (χ1v) is 11.0. The number of anilines is 2. The average molecular weight is 415 g/mol. The molecular formula is C24H26N6O. The van der Waals surface area contributed by atoms with Gasteiger partial charge in [-0.2, -0.15) is 10.2 Å². The highest BCUT2D eigenvalue weighted by Crippen LogP contribution is 2.49. The number of hydrogen-bond acceptors (Lipinski definition) is 5. The van der Waals surface area contributed by atoms with E-state index >= 15 is 0 Å². The zero-order valence-electron chi connectivity index (χ0n) is 17.6. The molecule has 0 bridgehead atoms. The Morgan fingerprint density at radius 1 is 1.06 bits per heavy atom. The molecule has 0 saturated heterocycles. The fourth-order valence-electron chi connectivity index (χ4n) is 5.27. The number of aromatic nitrogens is 4. The molecule has 2 aromatic carbocycles. The van der Waals surface area contributed by atoms with Gasteiger partial charge in [-0.05, 0) is 66.7 Å². The molecule has 0 fully saturated rings. The van der Waals surface area contributed by atoms with Crippen LogP contribution in [0.2, 0.25) is 0 Å². The van der Waals surface area contributed by atoms with Crippen molar-refractivity contribution in [1.82, 2.24) is 20.4 Å². The van der Waals surface area contributed by atoms with Gasteiger partial charge in [-0.1, -0.05) is 6.07 Å². The summed E-state index contributed by atoms with van der Waals surface area (Å²) in [5.74, 6) is 0.875. The molecule has 7 heteroatoms. The number of rotatable bonds is 4. The second-order valence-electron chi connectivity index (χ2n) is 8.61. The fourth-order valence-corrected chi connectivity index (χ4v) is 5.27. The van der Waals surface area contributed by atoms with Crippen LogP contribution in [-0.2, 0) is 0 Å². The standard InChI is InChI=1S/C24H26N6O/c1-30(10-11-31)24-17-12-14(6-7-19(17)28-29-24)23-16-5-3-2-4-15(16)22-18-13-25-27-20(18)8-9-21(22)26-23/h6-9,12-13,23,26,31H,2-5,10-11H2,1H3,(H,25,27)(H,28,29). The molecule has 4 N–H and O–H groups in total. The Hall–Kier alpha value is -3.32. The van der Waals surface area contributed by atoms with E-state index in [2.05, 4.69) is 56.0 Å². The van der Waals surface area contributed by atoms with Gasteiger partial charge >= 0.3 is 0 Å². The summed E-state index contributed by atoms with van der Waals surface area (Å²) in [6, 6.07) is 11.0. The maximum atomic E-state index is 9.35. The minimum Gasteiger partial charge on any atom is -0.395 e. The van der Waals surface area contributed by atoms with E-state index in [0.717, 1.165) is 35.1 Å². The van der Waals surface area contributed by atoms with Crippen LogP contribution in [0.4, 0.5) is 11.5 Å². The number of nitrogens with zero attached hydrogens (tertiary/aromatic N) is 3. The Bertz CT molecular complexity index is 1320. The molecule has 0 amide bonds. The van der Waals surface area contributed by atoms with Gasteiger partial charge in [0.05, 0.1) is 29.9 Å². The molecule has 0 spiro atoms. The summed E-state index contributed by atoms with van der Waals surface area (Å²) in [6.07, 6.45) is 6.64. The zero-order chi connectivity index (χ0) is 20.9. The van der Waals surface area contributed by atoms with Crippen molar-refractivity contribution in [2.45, 2.75) is 31.7 Å². The molecule has 158 valence electrons. The largest absolute Gasteiger partial charge is 0.395 e. The smallest absolute Gasteiger partial charge is 0.158 e. The van der Waals surface area contributed by atoms with Crippen molar-refractivity contribution in [3.63, 3.8) is 0 Å². The first-order valence-electron chi connectivity index (χ1n) is 11.0. The monoisotopic (exact) mass is 414 g/mol. The predicted octanol–water partition coefficient (Wildman–Crippen LogP) is 4.36. The van der Waals surface area contributed by atoms with Crippen LogP contribution >= 0.6 is 0 Å². The minimum absolute atomic E-state index is 0.101. The third-order valence-corrected chi connectivity index (χ3v) is 6.78. The number of nitrogens with one attached hydrogen (secondary N) is 3. The lowest BCUT2D eigenvalue weighted by Crippen LogP contribution is -2.22. The number of aliphatic hydroxyl groups excluding tert-OH is 1. The van der Waals surface area contributed by atoms with Crippen LogP contribution in [0.3, 0.4) is 0 Å². The Morgan fingerprint density at radius 3 is 2.81 bits per heavy atom. The number of aliphatic hydroxyl groups is 1. The van der Waals surface area contributed by atoms with Gasteiger partial charge < -0.3 is 15.3 Å². The van der Waals surface area contributed by atoms with Gasteiger partial charge in [0.25, 0.3) is 0 Å². The highest BCUT2D eigenvalue weighted by molar-refractivity contribution is 6.00. The van der Waals surface area contributed by atoms with Crippen LogP contribution < -0.4 is 10.2 Å². The number of hydrogen-bond donors (Lipinski definition) is 4. The van der Waals surface area contributed by atoms with E-state index in [1.54, 1.807) is 0 Å². The molecule has 4 aromatic rings. The summed E-state index contributed by atoms with van der Waals surface area (Å²) in [4.78, 5) is 1.99. The normalized spacial score (nSPS) is 18.2. The van der Waals surface area contributed by atoms with Crippen LogP contribution in [0.1, 0.15) is 42.9 Å². The lowest BCUT2D eigenvalue weighted by Gasteiger charge is -2.35. The molecule has 7 nitrogen and oxygen atoms in total. The Kier molecular flexibility index (Phi) is 4.24. The van der Waals surface area contributed by atoms with Gasteiger partial charge in [-0.15, -0.1) is 0 Å². The zero-order valence-corrected chi connectivity index (χ0v) is 17.6. The van der Waals surface area contributed by atoms with E-state index < -0.39 is 0 Å². The van der Waals surface area contributed by atoms with Crippen LogP contribution in [0, 0.1) is 0 Å².